The highest BCUT2D eigenvalue weighted by Gasteiger charge is 2.33. The van der Waals surface area contributed by atoms with Crippen LogP contribution in [0.1, 0.15) is 70.6 Å². The van der Waals surface area contributed by atoms with E-state index in [-0.39, 0.29) is 12.1 Å². The Labute approximate surface area is 154 Å². The van der Waals surface area contributed by atoms with E-state index >= 15 is 0 Å². The predicted octanol–water partition coefficient (Wildman–Crippen LogP) is 5.74. The van der Waals surface area contributed by atoms with Gasteiger partial charge < -0.3 is 4.74 Å². The van der Waals surface area contributed by atoms with E-state index in [1.165, 1.54) is 24.0 Å². The van der Waals surface area contributed by atoms with E-state index in [1.54, 1.807) is 0 Å². The molecule has 3 atom stereocenters. The molecular weight excluding hydrogens is 308 g/mol. The topological polar surface area (TPSA) is 26.3 Å². The molecule has 0 saturated heterocycles. The van der Waals surface area contributed by atoms with Gasteiger partial charge in [0, 0.05) is 0 Å². The van der Waals surface area contributed by atoms with Crippen molar-refractivity contribution in [1.82, 2.24) is 0 Å². The average Bonchev–Trinajstić information content (AvgIpc) is 2.49. The van der Waals surface area contributed by atoms with Crippen molar-refractivity contribution < 1.29 is 9.53 Å². The number of carbonyl (C=O) groups is 1. The van der Waals surface area contributed by atoms with Crippen LogP contribution in [0.4, 0.5) is 0 Å². The molecule has 0 amide bonds. The summed E-state index contributed by atoms with van der Waals surface area (Å²) >= 11 is 0. The highest BCUT2D eigenvalue weighted by atomic mass is 16.5. The molecule has 0 radical (unpaired) electrons. The first kappa shape index (κ1) is 20.0. The molecule has 1 aromatic carbocycles. The summed E-state index contributed by atoms with van der Waals surface area (Å²) in [5, 5.41) is 0. The van der Waals surface area contributed by atoms with Crippen molar-refractivity contribution in [2.24, 2.45) is 23.7 Å². The second kappa shape index (κ2) is 8.87. The number of ether oxygens (including phenoxy) is 1. The molecule has 0 aromatic heterocycles. The predicted molar refractivity (Wildman–Crippen MR) is 105 cm³/mol. The van der Waals surface area contributed by atoms with Gasteiger partial charge in [-0.3, -0.25) is 4.79 Å². The molecule has 0 heterocycles. The highest BCUT2D eigenvalue weighted by Crippen LogP contribution is 2.35. The SMILES string of the molecule is Cc1cc(CC(C)C)ccc1CC(=O)OC1CC(C)CCC1C(C)C. The van der Waals surface area contributed by atoms with Gasteiger partial charge in [-0.1, -0.05) is 59.2 Å². The minimum atomic E-state index is -0.0653. The third kappa shape index (κ3) is 5.87. The first-order valence-electron chi connectivity index (χ1n) is 10.0. The van der Waals surface area contributed by atoms with Crippen LogP contribution in [0.25, 0.3) is 0 Å². The molecule has 0 spiro atoms. The molecule has 1 aliphatic carbocycles. The fourth-order valence-corrected chi connectivity index (χ4v) is 4.17. The van der Waals surface area contributed by atoms with Gasteiger partial charge in [0.15, 0.2) is 0 Å². The summed E-state index contributed by atoms with van der Waals surface area (Å²) in [7, 11) is 0. The number of carbonyl (C=O) groups excluding carboxylic acids is 1. The number of esters is 1. The van der Waals surface area contributed by atoms with Gasteiger partial charge in [-0.15, -0.1) is 0 Å². The van der Waals surface area contributed by atoms with Gasteiger partial charge in [-0.25, -0.2) is 0 Å². The molecule has 2 heteroatoms. The molecule has 0 bridgehead atoms. The Morgan fingerprint density at radius 1 is 1.20 bits per heavy atom. The van der Waals surface area contributed by atoms with Crippen molar-refractivity contribution in [3.63, 3.8) is 0 Å². The maximum atomic E-state index is 12.5. The summed E-state index contributed by atoms with van der Waals surface area (Å²) in [6.45, 7) is 13.3. The zero-order valence-corrected chi connectivity index (χ0v) is 17.0. The molecule has 25 heavy (non-hydrogen) atoms. The molecular formula is C23H36O2. The highest BCUT2D eigenvalue weighted by molar-refractivity contribution is 5.73. The first-order valence-corrected chi connectivity index (χ1v) is 10.0. The largest absolute Gasteiger partial charge is 0.462 e. The molecule has 0 aliphatic heterocycles. The van der Waals surface area contributed by atoms with Crippen molar-refractivity contribution in [1.29, 1.82) is 0 Å². The molecule has 1 fully saturated rings. The minimum Gasteiger partial charge on any atom is -0.462 e. The van der Waals surface area contributed by atoms with Crippen LogP contribution in [0.5, 0.6) is 0 Å². The lowest BCUT2D eigenvalue weighted by Crippen LogP contribution is -2.36. The maximum absolute atomic E-state index is 12.5. The second-order valence-corrected chi connectivity index (χ2v) is 8.89. The van der Waals surface area contributed by atoms with Crippen LogP contribution in [0.3, 0.4) is 0 Å². The molecule has 1 aromatic rings. The summed E-state index contributed by atoms with van der Waals surface area (Å²) < 4.78 is 5.95. The normalized spacial score (nSPS) is 23.9. The van der Waals surface area contributed by atoms with Crippen molar-refractivity contribution in [2.45, 2.75) is 79.8 Å². The van der Waals surface area contributed by atoms with Gasteiger partial charge in [0.1, 0.15) is 6.10 Å². The summed E-state index contributed by atoms with van der Waals surface area (Å²) in [5.74, 6) is 2.32. The lowest BCUT2D eigenvalue weighted by Gasteiger charge is -2.36. The number of rotatable bonds is 6. The first-order chi connectivity index (χ1) is 11.8. The summed E-state index contributed by atoms with van der Waals surface area (Å²) in [5.41, 5.74) is 3.65. The van der Waals surface area contributed by atoms with E-state index in [1.807, 2.05) is 0 Å². The third-order valence-corrected chi connectivity index (χ3v) is 5.63. The van der Waals surface area contributed by atoms with Crippen molar-refractivity contribution >= 4 is 5.97 Å². The Morgan fingerprint density at radius 2 is 1.92 bits per heavy atom. The number of aryl methyl sites for hydroxylation is 1. The Balaban J connectivity index is 1.99. The van der Waals surface area contributed by atoms with Gasteiger partial charge in [0.2, 0.25) is 0 Å². The molecule has 1 saturated carbocycles. The van der Waals surface area contributed by atoms with E-state index < -0.39 is 0 Å². The van der Waals surface area contributed by atoms with Crippen LogP contribution in [0, 0.1) is 30.6 Å². The lowest BCUT2D eigenvalue weighted by atomic mass is 9.75. The van der Waals surface area contributed by atoms with Gasteiger partial charge >= 0.3 is 5.97 Å². The summed E-state index contributed by atoms with van der Waals surface area (Å²) in [6.07, 6.45) is 5.02. The monoisotopic (exact) mass is 344 g/mol. The number of hydrogen-bond donors (Lipinski definition) is 0. The minimum absolute atomic E-state index is 0.0653. The van der Waals surface area contributed by atoms with E-state index in [2.05, 4.69) is 59.7 Å². The maximum Gasteiger partial charge on any atom is 0.310 e. The standard InChI is InChI=1S/C23H36O2/c1-15(2)11-19-8-9-20(18(6)13-19)14-23(24)25-22-12-17(5)7-10-21(22)16(3)4/h8-9,13,15-17,21-22H,7,10-12,14H2,1-6H3. The van der Waals surface area contributed by atoms with Gasteiger partial charge in [-0.2, -0.15) is 0 Å². The fraction of sp³-hybridized carbons (Fsp3) is 0.696. The summed E-state index contributed by atoms with van der Waals surface area (Å²) in [4.78, 5) is 12.5. The van der Waals surface area contributed by atoms with Crippen molar-refractivity contribution in [2.75, 3.05) is 0 Å². The Kier molecular flexibility index (Phi) is 7.10. The van der Waals surface area contributed by atoms with Gasteiger partial charge in [0.05, 0.1) is 6.42 Å². The van der Waals surface area contributed by atoms with Gasteiger partial charge in [0.25, 0.3) is 0 Å². The number of benzene rings is 1. The molecule has 1 aliphatic rings. The Hall–Kier alpha value is -1.31. The van der Waals surface area contributed by atoms with E-state index in [4.69, 9.17) is 4.74 Å². The molecule has 2 nitrogen and oxygen atoms in total. The average molecular weight is 345 g/mol. The van der Waals surface area contributed by atoms with Crippen LogP contribution in [-0.4, -0.2) is 12.1 Å². The zero-order chi connectivity index (χ0) is 18.6. The van der Waals surface area contributed by atoms with Crippen LogP contribution in [0.2, 0.25) is 0 Å². The van der Waals surface area contributed by atoms with Crippen LogP contribution in [0.15, 0.2) is 18.2 Å². The van der Waals surface area contributed by atoms with Gasteiger partial charge in [-0.05, 0) is 66.5 Å². The fourth-order valence-electron chi connectivity index (χ4n) is 4.17. The summed E-state index contributed by atoms with van der Waals surface area (Å²) in [6, 6.07) is 6.50. The molecule has 140 valence electrons. The number of hydrogen-bond acceptors (Lipinski definition) is 2. The van der Waals surface area contributed by atoms with Crippen LogP contribution >= 0.6 is 0 Å². The van der Waals surface area contributed by atoms with E-state index in [0.717, 1.165) is 18.4 Å². The zero-order valence-electron chi connectivity index (χ0n) is 17.0. The van der Waals surface area contributed by atoms with Crippen molar-refractivity contribution in [3.05, 3.63) is 34.9 Å². The lowest BCUT2D eigenvalue weighted by molar-refractivity contribution is -0.155. The quantitative estimate of drug-likeness (QED) is 0.615. The smallest absolute Gasteiger partial charge is 0.310 e. The molecule has 0 N–H and O–H groups in total. The second-order valence-electron chi connectivity index (χ2n) is 8.89. The molecule has 2 rings (SSSR count). The van der Waals surface area contributed by atoms with Crippen molar-refractivity contribution in [3.8, 4) is 0 Å². The van der Waals surface area contributed by atoms with Crippen LogP contribution in [-0.2, 0) is 22.4 Å². The van der Waals surface area contributed by atoms with E-state index in [9.17, 15) is 4.79 Å². The van der Waals surface area contributed by atoms with E-state index in [0.29, 0.717) is 30.1 Å². The molecule has 3 unspecified atom stereocenters. The Bertz CT molecular complexity index is 573. The Morgan fingerprint density at radius 3 is 2.52 bits per heavy atom. The van der Waals surface area contributed by atoms with Crippen LogP contribution < -0.4 is 0 Å². The third-order valence-electron chi connectivity index (χ3n) is 5.63.